The van der Waals surface area contributed by atoms with Gasteiger partial charge in [-0.1, -0.05) is 48.0 Å². The lowest BCUT2D eigenvalue weighted by molar-refractivity contribution is -0.143. The lowest BCUT2D eigenvalue weighted by atomic mass is 10.1. The summed E-state index contributed by atoms with van der Waals surface area (Å²) in [7, 11) is 0. The van der Waals surface area contributed by atoms with Gasteiger partial charge in [-0.3, -0.25) is 9.59 Å². The van der Waals surface area contributed by atoms with E-state index in [4.69, 9.17) is 4.74 Å². The fourth-order valence-corrected chi connectivity index (χ4v) is 2.43. The molecule has 4 heteroatoms. The molecule has 25 heavy (non-hydrogen) atoms. The van der Waals surface area contributed by atoms with Crippen molar-refractivity contribution in [3.05, 3.63) is 65.7 Å². The molecular weight excluding hydrogens is 314 g/mol. The minimum Gasteiger partial charge on any atom is -0.466 e. The van der Waals surface area contributed by atoms with E-state index < -0.39 is 0 Å². The summed E-state index contributed by atoms with van der Waals surface area (Å²) in [6.45, 7) is 2.42. The fourth-order valence-electron chi connectivity index (χ4n) is 2.43. The van der Waals surface area contributed by atoms with Crippen LogP contribution in [0.15, 0.2) is 54.6 Å². The summed E-state index contributed by atoms with van der Waals surface area (Å²) in [6, 6.07) is 17.8. The highest BCUT2D eigenvalue weighted by Gasteiger charge is 2.07. The number of hydrogen-bond acceptors (Lipinski definition) is 3. The van der Waals surface area contributed by atoms with Crippen molar-refractivity contribution >= 4 is 17.6 Å². The summed E-state index contributed by atoms with van der Waals surface area (Å²) in [4.78, 5) is 23.5. The molecular formula is C21H25NO3. The van der Waals surface area contributed by atoms with Crippen molar-refractivity contribution < 1.29 is 14.3 Å². The van der Waals surface area contributed by atoms with E-state index >= 15 is 0 Å². The first kappa shape index (κ1) is 18.7. The molecule has 0 radical (unpaired) electrons. The molecule has 2 aromatic carbocycles. The second-order valence-corrected chi connectivity index (χ2v) is 6.08. The highest BCUT2D eigenvalue weighted by atomic mass is 16.5. The summed E-state index contributed by atoms with van der Waals surface area (Å²) < 4.78 is 5.21. The third kappa shape index (κ3) is 7.66. The van der Waals surface area contributed by atoms with Crippen LogP contribution in [0, 0.1) is 6.92 Å². The molecule has 4 nitrogen and oxygen atoms in total. The number of anilines is 1. The SMILES string of the molecule is Cc1ccc(NC(=O)CCCC(=O)OCCCc2ccccc2)cc1. The lowest BCUT2D eigenvalue weighted by Crippen LogP contribution is -2.13. The molecule has 132 valence electrons. The van der Waals surface area contributed by atoms with E-state index in [1.54, 1.807) is 0 Å². The van der Waals surface area contributed by atoms with Gasteiger partial charge in [-0.2, -0.15) is 0 Å². The maximum absolute atomic E-state index is 11.8. The first-order valence-electron chi connectivity index (χ1n) is 8.69. The van der Waals surface area contributed by atoms with Crippen LogP contribution in [0.4, 0.5) is 5.69 Å². The quantitative estimate of drug-likeness (QED) is 0.548. The Morgan fingerprint density at radius 3 is 2.36 bits per heavy atom. The number of aryl methyl sites for hydroxylation is 2. The van der Waals surface area contributed by atoms with Gasteiger partial charge in [0.05, 0.1) is 6.61 Å². The number of rotatable bonds is 9. The van der Waals surface area contributed by atoms with Gasteiger partial charge in [0.15, 0.2) is 0 Å². The van der Waals surface area contributed by atoms with E-state index in [2.05, 4.69) is 17.4 Å². The van der Waals surface area contributed by atoms with Crippen LogP contribution in [0.1, 0.15) is 36.8 Å². The molecule has 0 atom stereocenters. The van der Waals surface area contributed by atoms with Gasteiger partial charge < -0.3 is 10.1 Å². The summed E-state index contributed by atoms with van der Waals surface area (Å²) in [5.74, 6) is -0.322. The van der Waals surface area contributed by atoms with Crippen molar-refractivity contribution in [2.75, 3.05) is 11.9 Å². The zero-order valence-corrected chi connectivity index (χ0v) is 14.7. The van der Waals surface area contributed by atoms with E-state index in [1.165, 1.54) is 5.56 Å². The summed E-state index contributed by atoms with van der Waals surface area (Å²) in [5, 5.41) is 2.82. The van der Waals surface area contributed by atoms with Crippen molar-refractivity contribution in [3.8, 4) is 0 Å². The van der Waals surface area contributed by atoms with E-state index in [9.17, 15) is 9.59 Å². The minimum absolute atomic E-state index is 0.0827. The third-order valence-electron chi connectivity index (χ3n) is 3.84. The zero-order chi connectivity index (χ0) is 17.9. The number of nitrogens with one attached hydrogen (secondary N) is 1. The third-order valence-corrected chi connectivity index (χ3v) is 3.84. The van der Waals surface area contributed by atoms with Crippen molar-refractivity contribution in [2.45, 2.75) is 39.0 Å². The zero-order valence-electron chi connectivity index (χ0n) is 14.7. The molecule has 1 amide bonds. The number of benzene rings is 2. The van der Waals surface area contributed by atoms with Crippen molar-refractivity contribution in [3.63, 3.8) is 0 Å². The molecule has 0 aliphatic rings. The largest absolute Gasteiger partial charge is 0.466 e. The monoisotopic (exact) mass is 339 g/mol. The van der Waals surface area contributed by atoms with Gasteiger partial charge >= 0.3 is 5.97 Å². The number of amides is 1. The average molecular weight is 339 g/mol. The second-order valence-electron chi connectivity index (χ2n) is 6.08. The van der Waals surface area contributed by atoms with Crippen LogP contribution >= 0.6 is 0 Å². The Morgan fingerprint density at radius 1 is 0.920 bits per heavy atom. The highest BCUT2D eigenvalue weighted by Crippen LogP contribution is 2.10. The Hall–Kier alpha value is -2.62. The smallest absolute Gasteiger partial charge is 0.305 e. The van der Waals surface area contributed by atoms with E-state index in [1.807, 2.05) is 49.4 Å². The fraction of sp³-hybridized carbons (Fsp3) is 0.333. The van der Waals surface area contributed by atoms with Gasteiger partial charge in [-0.15, -0.1) is 0 Å². The topological polar surface area (TPSA) is 55.4 Å². The van der Waals surface area contributed by atoms with Crippen LogP contribution in [-0.2, 0) is 20.7 Å². The number of carbonyl (C=O) groups is 2. The number of ether oxygens (including phenoxy) is 1. The molecule has 2 aromatic rings. The molecule has 2 rings (SSSR count). The van der Waals surface area contributed by atoms with Crippen LogP contribution in [0.5, 0.6) is 0 Å². The first-order valence-corrected chi connectivity index (χ1v) is 8.69. The Morgan fingerprint density at radius 2 is 1.64 bits per heavy atom. The Labute approximate surface area is 149 Å². The predicted molar refractivity (Wildman–Crippen MR) is 99.4 cm³/mol. The van der Waals surface area contributed by atoms with Crippen LogP contribution < -0.4 is 5.32 Å². The number of esters is 1. The summed E-state index contributed by atoms with van der Waals surface area (Å²) in [6.07, 6.45) is 2.78. The van der Waals surface area contributed by atoms with Gasteiger partial charge in [0.2, 0.25) is 5.91 Å². The standard InChI is InChI=1S/C21H25NO3/c1-17-12-14-19(15-13-17)22-20(23)10-5-11-21(24)25-16-6-9-18-7-3-2-4-8-18/h2-4,7-8,12-15H,5-6,9-11,16H2,1H3,(H,22,23). The maximum atomic E-state index is 11.8. The van der Waals surface area contributed by atoms with E-state index in [0.29, 0.717) is 19.4 Å². The lowest BCUT2D eigenvalue weighted by Gasteiger charge is -2.06. The Kier molecular flexibility index (Phi) is 7.70. The van der Waals surface area contributed by atoms with Crippen LogP contribution in [0.3, 0.4) is 0 Å². The molecule has 0 saturated carbocycles. The molecule has 1 N–H and O–H groups in total. The normalized spacial score (nSPS) is 10.3. The van der Waals surface area contributed by atoms with Crippen molar-refractivity contribution in [2.24, 2.45) is 0 Å². The van der Waals surface area contributed by atoms with E-state index in [0.717, 1.165) is 24.1 Å². The van der Waals surface area contributed by atoms with Crippen molar-refractivity contribution in [1.82, 2.24) is 0 Å². The second kappa shape index (κ2) is 10.3. The van der Waals surface area contributed by atoms with Gasteiger partial charge in [0.25, 0.3) is 0 Å². The molecule has 0 aromatic heterocycles. The van der Waals surface area contributed by atoms with Crippen LogP contribution in [-0.4, -0.2) is 18.5 Å². The van der Waals surface area contributed by atoms with Crippen LogP contribution in [0.2, 0.25) is 0 Å². The van der Waals surface area contributed by atoms with E-state index in [-0.39, 0.29) is 18.3 Å². The van der Waals surface area contributed by atoms with Gasteiger partial charge in [0, 0.05) is 18.5 Å². The molecule has 0 bridgehead atoms. The number of carbonyl (C=O) groups excluding carboxylic acids is 2. The molecule has 0 aliphatic heterocycles. The van der Waals surface area contributed by atoms with Crippen LogP contribution in [0.25, 0.3) is 0 Å². The highest BCUT2D eigenvalue weighted by molar-refractivity contribution is 5.90. The Balaban J connectivity index is 1.54. The predicted octanol–water partition coefficient (Wildman–Crippen LogP) is 4.28. The summed E-state index contributed by atoms with van der Waals surface area (Å²) >= 11 is 0. The molecule has 0 spiro atoms. The Bertz CT molecular complexity index is 665. The molecule has 0 saturated heterocycles. The molecule has 0 fully saturated rings. The summed E-state index contributed by atoms with van der Waals surface area (Å²) in [5.41, 5.74) is 3.17. The average Bonchev–Trinajstić information content (AvgIpc) is 2.62. The minimum atomic E-state index is -0.240. The maximum Gasteiger partial charge on any atom is 0.305 e. The van der Waals surface area contributed by atoms with Gasteiger partial charge in [-0.25, -0.2) is 0 Å². The van der Waals surface area contributed by atoms with Crippen molar-refractivity contribution in [1.29, 1.82) is 0 Å². The first-order chi connectivity index (χ1) is 12.1. The molecule has 0 aliphatic carbocycles. The number of hydrogen-bond donors (Lipinski definition) is 1. The van der Waals surface area contributed by atoms with Gasteiger partial charge in [0.1, 0.15) is 0 Å². The molecule has 0 unspecified atom stereocenters. The van der Waals surface area contributed by atoms with Gasteiger partial charge in [-0.05, 0) is 43.9 Å². The molecule has 0 heterocycles.